The van der Waals surface area contributed by atoms with Crippen LogP contribution in [0.5, 0.6) is 0 Å². The van der Waals surface area contributed by atoms with Gasteiger partial charge in [-0.05, 0) is 41.5 Å². The van der Waals surface area contributed by atoms with E-state index in [2.05, 4.69) is 36.3 Å². The van der Waals surface area contributed by atoms with Crippen molar-refractivity contribution in [3.63, 3.8) is 0 Å². The number of hydrogen-bond donors (Lipinski definition) is 2. The number of nitrogen functional groups attached to an aromatic ring is 2. The maximum atomic E-state index is 5.85. The molecule has 1 atom stereocenters. The Kier molecular flexibility index (Phi) is 4.22. The van der Waals surface area contributed by atoms with Crippen molar-refractivity contribution in [2.45, 2.75) is 39.7 Å². The van der Waals surface area contributed by atoms with Crippen LogP contribution in [0.1, 0.15) is 39.7 Å². The third kappa shape index (κ3) is 2.74. The van der Waals surface area contributed by atoms with Crippen molar-refractivity contribution in [2.24, 2.45) is 5.92 Å². The highest BCUT2D eigenvalue weighted by Crippen LogP contribution is 2.29. The van der Waals surface area contributed by atoms with Crippen molar-refractivity contribution in [3.8, 4) is 11.4 Å². The molecule has 6 nitrogen and oxygen atoms in total. The summed E-state index contributed by atoms with van der Waals surface area (Å²) in [5.74, 6) is 1.25. The van der Waals surface area contributed by atoms with Crippen LogP contribution in [0.4, 0.5) is 11.4 Å². The van der Waals surface area contributed by atoms with Crippen LogP contribution < -0.4 is 11.5 Å². The minimum Gasteiger partial charge on any atom is -0.399 e. The Balaban J connectivity index is 2.42. The van der Waals surface area contributed by atoms with Crippen molar-refractivity contribution >= 4 is 11.4 Å². The number of tetrazole rings is 1. The molecule has 1 aromatic heterocycles. The number of rotatable bonds is 5. The normalized spacial score (nSPS) is 12.8. The van der Waals surface area contributed by atoms with E-state index in [9.17, 15) is 0 Å². The van der Waals surface area contributed by atoms with Gasteiger partial charge in [0.25, 0.3) is 0 Å². The molecule has 0 aliphatic heterocycles. The predicted octanol–water partition coefficient (Wildman–Crippen LogP) is 2.50. The number of nitrogens with two attached hydrogens (primary N) is 2. The molecule has 2 aromatic rings. The van der Waals surface area contributed by atoms with Gasteiger partial charge in [0.1, 0.15) is 0 Å². The fraction of sp³-hybridized carbons (Fsp3) is 0.500. The van der Waals surface area contributed by atoms with Crippen LogP contribution >= 0.6 is 0 Å². The Labute approximate surface area is 119 Å². The largest absolute Gasteiger partial charge is 0.399 e. The first-order valence-electron chi connectivity index (χ1n) is 7.01. The number of aromatic nitrogens is 4. The first-order chi connectivity index (χ1) is 9.56. The molecule has 0 bridgehead atoms. The molecule has 0 aliphatic carbocycles. The molecule has 108 valence electrons. The quantitative estimate of drug-likeness (QED) is 0.817. The molecule has 20 heavy (non-hydrogen) atoms. The standard InChI is InChI=1S/C14H22N6/c1-4-10(5-2)9(3)20-14(17-18-19-20)11-6-12(15)8-13(16)7-11/h6-10H,4-5,15-16H2,1-3H3. The van der Waals surface area contributed by atoms with E-state index >= 15 is 0 Å². The summed E-state index contributed by atoms with van der Waals surface area (Å²) in [7, 11) is 0. The van der Waals surface area contributed by atoms with Crippen LogP contribution in [0, 0.1) is 5.92 Å². The lowest BCUT2D eigenvalue weighted by atomic mass is 9.95. The van der Waals surface area contributed by atoms with Crippen molar-refractivity contribution in [1.82, 2.24) is 20.2 Å². The molecule has 1 heterocycles. The molecular formula is C14H22N6. The molecular weight excluding hydrogens is 252 g/mol. The zero-order valence-corrected chi connectivity index (χ0v) is 12.2. The van der Waals surface area contributed by atoms with Crippen LogP contribution in [0.25, 0.3) is 11.4 Å². The second kappa shape index (κ2) is 5.90. The van der Waals surface area contributed by atoms with Crippen LogP contribution in [0.2, 0.25) is 0 Å². The van der Waals surface area contributed by atoms with Crippen LogP contribution in [-0.4, -0.2) is 20.2 Å². The van der Waals surface area contributed by atoms with E-state index in [0.29, 0.717) is 23.1 Å². The summed E-state index contributed by atoms with van der Waals surface area (Å²) in [4.78, 5) is 0. The third-order valence-corrected chi connectivity index (χ3v) is 3.85. The van der Waals surface area contributed by atoms with Crippen molar-refractivity contribution in [3.05, 3.63) is 18.2 Å². The zero-order chi connectivity index (χ0) is 14.7. The van der Waals surface area contributed by atoms with Gasteiger partial charge in [-0.1, -0.05) is 26.7 Å². The summed E-state index contributed by atoms with van der Waals surface area (Å²) in [6.45, 7) is 6.52. The smallest absolute Gasteiger partial charge is 0.182 e. The average Bonchev–Trinajstić information content (AvgIpc) is 2.88. The number of hydrogen-bond acceptors (Lipinski definition) is 5. The van der Waals surface area contributed by atoms with Gasteiger partial charge in [0.05, 0.1) is 6.04 Å². The molecule has 0 fully saturated rings. The Bertz CT molecular complexity index is 553. The lowest BCUT2D eigenvalue weighted by Gasteiger charge is -2.22. The Hall–Kier alpha value is -2.11. The van der Waals surface area contributed by atoms with Gasteiger partial charge in [-0.3, -0.25) is 0 Å². The van der Waals surface area contributed by atoms with Crippen molar-refractivity contribution in [1.29, 1.82) is 0 Å². The highest BCUT2D eigenvalue weighted by molar-refractivity contribution is 5.67. The van der Waals surface area contributed by atoms with Gasteiger partial charge >= 0.3 is 0 Å². The number of benzene rings is 1. The molecule has 2 rings (SSSR count). The first kappa shape index (κ1) is 14.3. The Morgan fingerprint density at radius 2 is 1.70 bits per heavy atom. The minimum absolute atomic E-state index is 0.234. The van der Waals surface area contributed by atoms with Gasteiger partial charge in [-0.2, -0.15) is 0 Å². The molecule has 1 aromatic carbocycles. The maximum absolute atomic E-state index is 5.85. The van der Waals surface area contributed by atoms with E-state index in [1.807, 2.05) is 16.8 Å². The molecule has 0 saturated heterocycles. The van der Waals surface area contributed by atoms with Gasteiger partial charge in [-0.15, -0.1) is 5.10 Å². The lowest BCUT2D eigenvalue weighted by Crippen LogP contribution is -2.18. The topological polar surface area (TPSA) is 95.6 Å². The van der Waals surface area contributed by atoms with E-state index in [1.54, 1.807) is 6.07 Å². The summed E-state index contributed by atoms with van der Waals surface area (Å²) in [5, 5.41) is 12.1. The zero-order valence-electron chi connectivity index (χ0n) is 12.2. The summed E-state index contributed by atoms with van der Waals surface area (Å²) in [6.07, 6.45) is 2.19. The first-order valence-corrected chi connectivity index (χ1v) is 7.01. The fourth-order valence-electron chi connectivity index (χ4n) is 2.63. The van der Waals surface area contributed by atoms with E-state index in [4.69, 9.17) is 11.5 Å². The molecule has 4 N–H and O–H groups in total. The van der Waals surface area contributed by atoms with E-state index in [1.165, 1.54) is 0 Å². The van der Waals surface area contributed by atoms with Crippen molar-refractivity contribution in [2.75, 3.05) is 11.5 Å². The van der Waals surface area contributed by atoms with Crippen molar-refractivity contribution < 1.29 is 0 Å². The summed E-state index contributed by atoms with van der Waals surface area (Å²) in [6, 6.07) is 5.65. The Morgan fingerprint density at radius 3 is 2.25 bits per heavy atom. The number of anilines is 2. The van der Waals surface area contributed by atoms with Gasteiger partial charge in [-0.25, -0.2) is 4.68 Å². The van der Waals surface area contributed by atoms with Crippen LogP contribution in [0.15, 0.2) is 18.2 Å². The summed E-state index contributed by atoms with van der Waals surface area (Å²) < 4.78 is 1.87. The molecule has 1 unspecified atom stereocenters. The monoisotopic (exact) mass is 274 g/mol. The molecule has 0 aliphatic rings. The maximum Gasteiger partial charge on any atom is 0.182 e. The lowest BCUT2D eigenvalue weighted by molar-refractivity contribution is 0.309. The van der Waals surface area contributed by atoms with Gasteiger partial charge in [0.15, 0.2) is 5.82 Å². The predicted molar refractivity (Wildman–Crippen MR) is 80.9 cm³/mol. The molecule has 0 spiro atoms. The highest BCUT2D eigenvalue weighted by Gasteiger charge is 2.21. The van der Waals surface area contributed by atoms with Gasteiger partial charge < -0.3 is 11.5 Å². The molecule has 0 amide bonds. The highest BCUT2D eigenvalue weighted by atomic mass is 15.5. The molecule has 0 saturated carbocycles. The minimum atomic E-state index is 0.234. The third-order valence-electron chi connectivity index (χ3n) is 3.85. The summed E-state index contributed by atoms with van der Waals surface area (Å²) >= 11 is 0. The van der Waals surface area contributed by atoms with Gasteiger partial charge in [0.2, 0.25) is 0 Å². The van der Waals surface area contributed by atoms with Crippen LogP contribution in [0.3, 0.4) is 0 Å². The van der Waals surface area contributed by atoms with E-state index in [-0.39, 0.29) is 6.04 Å². The molecule has 6 heteroatoms. The fourth-order valence-corrected chi connectivity index (χ4v) is 2.63. The van der Waals surface area contributed by atoms with Gasteiger partial charge in [0, 0.05) is 16.9 Å². The SMILES string of the molecule is CCC(CC)C(C)n1nnnc1-c1cc(N)cc(N)c1. The average molecular weight is 274 g/mol. The molecule has 0 radical (unpaired) electrons. The second-order valence-electron chi connectivity index (χ2n) is 5.15. The van der Waals surface area contributed by atoms with E-state index in [0.717, 1.165) is 18.4 Å². The summed E-state index contributed by atoms with van der Waals surface area (Å²) in [5.41, 5.74) is 13.8. The number of nitrogens with zero attached hydrogens (tertiary/aromatic N) is 4. The van der Waals surface area contributed by atoms with E-state index < -0.39 is 0 Å². The second-order valence-corrected chi connectivity index (χ2v) is 5.15. The van der Waals surface area contributed by atoms with Crippen LogP contribution in [-0.2, 0) is 0 Å². The Morgan fingerprint density at radius 1 is 1.10 bits per heavy atom.